The van der Waals surface area contributed by atoms with Gasteiger partial charge in [0.1, 0.15) is 30.2 Å². The molecule has 8 amide bonds. The monoisotopic (exact) mass is 872 g/mol. The van der Waals surface area contributed by atoms with Crippen LogP contribution in [0.4, 0.5) is 0 Å². The number of aliphatic hydroxyl groups is 2. The summed E-state index contributed by atoms with van der Waals surface area (Å²) in [6.45, 7) is 16.3. The van der Waals surface area contributed by atoms with Gasteiger partial charge in [0.05, 0.1) is 31.2 Å². The van der Waals surface area contributed by atoms with E-state index in [0.29, 0.717) is 6.42 Å². The maximum absolute atomic E-state index is 13.8. The molecule has 10 atom stereocenters. The average molecular weight is 872 g/mol. The van der Waals surface area contributed by atoms with Gasteiger partial charge in [-0.25, -0.2) is 4.79 Å². The first-order chi connectivity index (χ1) is 28.2. The SMILES string of the molecule is CC[C@H](C)[C@H](NC(=O)C(CC(O)C(CC(C)C)NC(=O)[C@H](CC(N)=O)NC(=O)[C@H](CCC(N)=O)NC(=O)[C@H](CO)NC(=O)[C@@H](N)C(C)C)C(C)C)C(=O)N[C@H](C(=O)O)C(C)C. The Hall–Kier alpha value is -4.89. The fourth-order valence-electron chi connectivity index (χ4n) is 6.20. The Bertz CT molecular complexity index is 1510. The summed E-state index contributed by atoms with van der Waals surface area (Å²) in [4.78, 5) is 116. The zero-order valence-electron chi connectivity index (χ0n) is 37.3. The standard InChI is InChI=1S/C40H73N9O12/c1-11-22(10)33(39(59)48-32(21(8)9)40(60)61)49-34(54)23(19(4)5)15-28(51)25(14-18(2)3)45-36(56)26(16-30(42)53)46-35(55)24(12-13-29(41)52)44-37(57)27(17-50)47-38(58)31(43)20(6)7/h18-28,31-33,50-51H,11-17,43H2,1-10H3,(H2,41,52)(H2,42,53)(H,44,57)(H,45,56)(H,46,55)(H,47,58)(H,48,59)(H,49,54)(H,60,61)/t22-,23?,24-,25?,26-,27-,28?,31-,32-,33-/m0/s1. The van der Waals surface area contributed by atoms with E-state index >= 15 is 0 Å². The van der Waals surface area contributed by atoms with Crippen molar-refractivity contribution >= 4 is 53.2 Å². The maximum atomic E-state index is 13.8. The lowest BCUT2D eigenvalue weighted by Gasteiger charge is -2.32. The fraction of sp³-hybridized carbons (Fsp3) is 0.775. The summed E-state index contributed by atoms with van der Waals surface area (Å²) in [5, 5.41) is 45.9. The van der Waals surface area contributed by atoms with Gasteiger partial charge in [0.15, 0.2) is 0 Å². The molecule has 0 aromatic carbocycles. The van der Waals surface area contributed by atoms with E-state index in [9.17, 15) is 58.5 Å². The van der Waals surface area contributed by atoms with Crippen molar-refractivity contribution in [3.63, 3.8) is 0 Å². The molecule has 0 saturated carbocycles. The molecule has 0 rings (SSSR count). The van der Waals surface area contributed by atoms with Gasteiger partial charge in [-0.05, 0) is 48.9 Å². The van der Waals surface area contributed by atoms with Crippen LogP contribution in [-0.4, -0.2) is 124 Å². The first-order valence-corrected chi connectivity index (χ1v) is 20.8. The lowest BCUT2D eigenvalue weighted by Crippen LogP contribution is -2.60. The first-order valence-electron chi connectivity index (χ1n) is 20.8. The number of nitrogens with one attached hydrogen (secondary N) is 6. The van der Waals surface area contributed by atoms with Crippen LogP contribution in [0.3, 0.4) is 0 Å². The number of aliphatic carboxylic acids is 1. The Balaban J connectivity index is 6.44. The molecule has 0 bridgehead atoms. The number of hydrogen-bond acceptors (Lipinski definition) is 12. The van der Waals surface area contributed by atoms with Gasteiger partial charge in [-0.3, -0.25) is 38.4 Å². The highest BCUT2D eigenvalue weighted by Gasteiger charge is 2.37. The molecule has 0 aromatic rings. The second kappa shape index (κ2) is 27.1. The van der Waals surface area contributed by atoms with Crippen LogP contribution in [0, 0.1) is 35.5 Å². The molecular formula is C40H73N9O12. The summed E-state index contributed by atoms with van der Waals surface area (Å²) >= 11 is 0. The van der Waals surface area contributed by atoms with Crippen molar-refractivity contribution < 1.29 is 58.5 Å². The molecule has 21 heteroatoms. The van der Waals surface area contributed by atoms with Crippen LogP contribution in [0.1, 0.15) is 108 Å². The van der Waals surface area contributed by atoms with Crippen LogP contribution >= 0.6 is 0 Å². The molecule has 0 spiro atoms. The van der Waals surface area contributed by atoms with Crippen molar-refractivity contribution in [2.45, 2.75) is 156 Å². The number of carbonyl (C=O) groups is 9. The highest BCUT2D eigenvalue weighted by Crippen LogP contribution is 2.23. The van der Waals surface area contributed by atoms with Gasteiger partial charge in [-0.2, -0.15) is 0 Å². The molecule has 3 unspecified atom stereocenters. The van der Waals surface area contributed by atoms with Crippen LogP contribution < -0.4 is 49.1 Å². The first kappa shape index (κ1) is 56.1. The van der Waals surface area contributed by atoms with E-state index in [1.807, 2.05) is 20.8 Å². The molecule has 21 nitrogen and oxygen atoms in total. The average Bonchev–Trinajstić information content (AvgIpc) is 3.15. The third-order valence-electron chi connectivity index (χ3n) is 10.4. The van der Waals surface area contributed by atoms with E-state index in [4.69, 9.17) is 17.2 Å². The quantitative estimate of drug-likeness (QED) is 0.0383. The van der Waals surface area contributed by atoms with E-state index in [1.54, 1.807) is 48.5 Å². The number of aliphatic hydroxyl groups excluding tert-OH is 2. The fourth-order valence-corrected chi connectivity index (χ4v) is 6.20. The Kier molecular flexibility index (Phi) is 25.0. The van der Waals surface area contributed by atoms with Crippen molar-refractivity contribution in [2.24, 2.45) is 52.7 Å². The molecule has 0 radical (unpaired) electrons. The molecule has 0 aliphatic carbocycles. The highest BCUT2D eigenvalue weighted by atomic mass is 16.4. The zero-order chi connectivity index (χ0) is 47.5. The lowest BCUT2D eigenvalue weighted by atomic mass is 9.85. The topological polar surface area (TPSA) is 365 Å². The molecule has 61 heavy (non-hydrogen) atoms. The largest absolute Gasteiger partial charge is 0.480 e. The van der Waals surface area contributed by atoms with E-state index in [1.165, 1.54) is 0 Å². The van der Waals surface area contributed by atoms with Gasteiger partial charge in [0.25, 0.3) is 0 Å². The molecule has 0 fully saturated rings. The number of carboxylic acids is 1. The van der Waals surface area contributed by atoms with Crippen LogP contribution in [0.25, 0.3) is 0 Å². The number of carboxylic acid groups (broad SMARTS) is 1. The van der Waals surface area contributed by atoms with E-state index < -0.39 is 145 Å². The smallest absolute Gasteiger partial charge is 0.326 e. The van der Waals surface area contributed by atoms with Gasteiger partial charge in [0.2, 0.25) is 47.3 Å². The Morgan fingerprint density at radius 2 is 1.08 bits per heavy atom. The van der Waals surface area contributed by atoms with Crippen molar-refractivity contribution in [3.8, 4) is 0 Å². The van der Waals surface area contributed by atoms with Crippen LogP contribution in [0.2, 0.25) is 0 Å². The third kappa shape index (κ3) is 20.0. The molecule has 0 saturated heterocycles. The molecule has 350 valence electrons. The summed E-state index contributed by atoms with van der Waals surface area (Å²) in [7, 11) is 0. The molecule has 0 aromatic heterocycles. The second-order valence-corrected chi connectivity index (χ2v) is 17.1. The van der Waals surface area contributed by atoms with E-state index in [-0.39, 0.29) is 31.1 Å². The summed E-state index contributed by atoms with van der Waals surface area (Å²) in [5.41, 5.74) is 16.6. The summed E-state index contributed by atoms with van der Waals surface area (Å²) in [6, 6.07) is -9.19. The Morgan fingerprint density at radius 3 is 1.52 bits per heavy atom. The highest BCUT2D eigenvalue weighted by molar-refractivity contribution is 5.96. The van der Waals surface area contributed by atoms with E-state index in [0.717, 1.165) is 0 Å². The Labute approximate surface area is 358 Å². The minimum atomic E-state index is -1.67. The van der Waals surface area contributed by atoms with Crippen molar-refractivity contribution in [2.75, 3.05) is 6.61 Å². The predicted octanol–water partition coefficient (Wildman–Crippen LogP) is -2.13. The molecule has 0 aliphatic rings. The van der Waals surface area contributed by atoms with Crippen LogP contribution in [0.5, 0.6) is 0 Å². The van der Waals surface area contributed by atoms with Gasteiger partial charge in [-0.15, -0.1) is 0 Å². The minimum Gasteiger partial charge on any atom is -0.480 e. The summed E-state index contributed by atoms with van der Waals surface area (Å²) in [6.07, 6.45) is -2.52. The number of rotatable bonds is 29. The lowest BCUT2D eigenvalue weighted by molar-refractivity contribution is -0.144. The Morgan fingerprint density at radius 1 is 0.574 bits per heavy atom. The maximum Gasteiger partial charge on any atom is 0.326 e. The predicted molar refractivity (Wildman–Crippen MR) is 224 cm³/mol. The van der Waals surface area contributed by atoms with Crippen LogP contribution in [-0.2, 0) is 43.2 Å². The van der Waals surface area contributed by atoms with Crippen LogP contribution in [0.15, 0.2) is 0 Å². The normalized spacial score (nSPS) is 16.5. The van der Waals surface area contributed by atoms with Gasteiger partial charge < -0.3 is 64.4 Å². The van der Waals surface area contributed by atoms with Crippen molar-refractivity contribution in [3.05, 3.63) is 0 Å². The second-order valence-electron chi connectivity index (χ2n) is 17.1. The minimum absolute atomic E-state index is 0.138. The number of hydrogen-bond donors (Lipinski definition) is 12. The van der Waals surface area contributed by atoms with E-state index in [2.05, 4.69) is 31.9 Å². The summed E-state index contributed by atoms with van der Waals surface area (Å²) in [5.74, 6) is -10.8. The van der Waals surface area contributed by atoms with Gasteiger partial charge >= 0.3 is 5.97 Å². The number of carbonyl (C=O) groups excluding carboxylic acids is 8. The summed E-state index contributed by atoms with van der Waals surface area (Å²) < 4.78 is 0. The molecule has 15 N–H and O–H groups in total. The van der Waals surface area contributed by atoms with Gasteiger partial charge in [-0.1, -0.05) is 75.7 Å². The molecule has 0 aliphatic heterocycles. The number of amides is 8. The third-order valence-corrected chi connectivity index (χ3v) is 10.4. The van der Waals surface area contributed by atoms with Crippen molar-refractivity contribution in [1.82, 2.24) is 31.9 Å². The van der Waals surface area contributed by atoms with Gasteiger partial charge in [0, 0.05) is 12.3 Å². The number of nitrogens with two attached hydrogens (primary N) is 3. The van der Waals surface area contributed by atoms with Crippen molar-refractivity contribution in [1.29, 1.82) is 0 Å². The number of primary amides is 2. The zero-order valence-corrected chi connectivity index (χ0v) is 37.3. The molecular weight excluding hydrogens is 798 g/mol. The molecule has 0 heterocycles.